The summed E-state index contributed by atoms with van der Waals surface area (Å²) >= 11 is 0. The van der Waals surface area contributed by atoms with E-state index >= 15 is 0 Å². The summed E-state index contributed by atoms with van der Waals surface area (Å²) in [6.45, 7) is 0.324. The Hall–Kier alpha value is -3.14. The molecule has 3 aromatic heterocycles. The monoisotopic (exact) mass is 280 g/mol. The summed E-state index contributed by atoms with van der Waals surface area (Å²) in [5.74, 6) is 0.470. The largest absolute Gasteiger partial charge is 0.342 e. The van der Waals surface area contributed by atoms with Crippen LogP contribution >= 0.6 is 0 Å². The summed E-state index contributed by atoms with van der Waals surface area (Å²) in [5.41, 5.74) is 1.47. The number of fused-ring (bicyclic) bond motifs is 1. The van der Waals surface area contributed by atoms with Crippen LogP contribution in [0.4, 0.5) is 0 Å². The smallest absolute Gasteiger partial charge is 0.270 e. The third-order valence-corrected chi connectivity index (χ3v) is 3.15. The van der Waals surface area contributed by atoms with Crippen LogP contribution in [0.5, 0.6) is 0 Å². The summed E-state index contributed by atoms with van der Waals surface area (Å²) in [6, 6.07) is 10.7. The van der Waals surface area contributed by atoms with Gasteiger partial charge in [0.05, 0.1) is 6.54 Å². The minimum atomic E-state index is -0.204. The van der Waals surface area contributed by atoms with Gasteiger partial charge in [-0.3, -0.25) is 9.20 Å². The van der Waals surface area contributed by atoms with Gasteiger partial charge in [0.1, 0.15) is 17.5 Å². The first kappa shape index (κ1) is 12.9. The molecule has 1 amide bonds. The average molecular weight is 280 g/mol. The number of hydrogen-bond donors (Lipinski definition) is 1. The normalized spacial score (nSPS) is 10.5. The number of aromatic nitrogens is 4. The summed E-state index contributed by atoms with van der Waals surface area (Å²) in [5, 5.41) is 16.9. The molecule has 3 heterocycles. The van der Waals surface area contributed by atoms with Gasteiger partial charge in [-0.1, -0.05) is 6.07 Å². The highest BCUT2D eigenvalue weighted by Gasteiger charge is 2.16. The van der Waals surface area contributed by atoms with Gasteiger partial charge in [0.2, 0.25) is 0 Å². The first-order valence-electron chi connectivity index (χ1n) is 6.32. The van der Waals surface area contributed by atoms with Gasteiger partial charge < -0.3 is 9.88 Å². The van der Waals surface area contributed by atoms with Gasteiger partial charge in [0.15, 0.2) is 11.5 Å². The molecule has 3 aromatic rings. The van der Waals surface area contributed by atoms with Crippen molar-refractivity contribution < 1.29 is 4.79 Å². The van der Waals surface area contributed by atoms with E-state index in [-0.39, 0.29) is 5.91 Å². The molecule has 104 valence electrons. The summed E-state index contributed by atoms with van der Waals surface area (Å²) in [6.07, 6.45) is 1.85. The minimum absolute atomic E-state index is 0.204. The molecule has 0 spiro atoms. The van der Waals surface area contributed by atoms with Gasteiger partial charge in [-0.05, 0) is 24.3 Å². The maximum atomic E-state index is 12.3. The highest BCUT2D eigenvalue weighted by Crippen LogP contribution is 2.09. The molecule has 0 aliphatic heterocycles. The molecular weight excluding hydrogens is 268 g/mol. The lowest BCUT2D eigenvalue weighted by molar-refractivity contribution is 0.0776. The number of rotatable bonds is 3. The third-order valence-electron chi connectivity index (χ3n) is 3.15. The number of pyridine rings is 1. The molecule has 0 bridgehead atoms. The molecule has 0 aromatic carbocycles. The first-order chi connectivity index (χ1) is 10.2. The van der Waals surface area contributed by atoms with Crippen molar-refractivity contribution in [3.8, 4) is 6.07 Å². The van der Waals surface area contributed by atoms with E-state index in [9.17, 15) is 4.79 Å². The van der Waals surface area contributed by atoms with Crippen molar-refractivity contribution in [2.24, 2.45) is 0 Å². The Labute approximate surface area is 120 Å². The highest BCUT2D eigenvalue weighted by atomic mass is 16.2. The van der Waals surface area contributed by atoms with E-state index in [4.69, 9.17) is 5.26 Å². The maximum absolute atomic E-state index is 12.3. The van der Waals surface area contributed by atoms with Crippen LogP contribution in [0, 0.1) is 11.3 Å². The zero-order valence-electron chi connectivity index (χ0n) is 11.3. The molecule has 0 saturated heterocycles. The first-order valence-corrected chi connectivity index (χ1v) is 6.32. The maximum Gasteiger partial charge on any atom is 0.270 e. The van der Waals surface area contributed by atoms with Crippen LogP contribution in [0.15, 0.2) is 36.5 Å². The predicted octanol–water partition coefficient (Wildman–Crippen LogP) is 1.20. The number of H-pyrrole nitrogens is 1. The quantitative estimate of drug-likeness (QED) is 0.780. The van der Waals surface area contributed by atoms with Gasteiger partial charge in [-0.25, -0.2) is 0 Å². The van der Waals surface area contributed by atoms with E-state index in [2.05, 4.69) is 15.2 Å². The zero-order valence-corrected chi connectivity index (χ0v) is 11.3. The van der Waals surface area contributed by atoms with Crippen molar-refractivity contribution >= 4 is 11.6 Å². The molecule has 7 nitrogen and oxygen atoms in total. The van der Waals surface area contributed by atoms with E-state index < -0.39 is 0 Å². The molecule has 7 heteroatoms. The zero-order chi connectivity index (χ0) is 14.8. The molecule has 0 atom stereocenters. The third kappa shape index (κ3) is 2.34. The van der Waals surface area contributed by atoms with Crippen molar-refractivity contribution in [3.63, 3.8) is 0 Å². The minimum Gasteiger partial charge on any atom is -0.342 e. The Morgan fingerprint density at radius 3 is 3.00 bits per heavy atom. The molecule has 0 aliphatic rings. The van der Waals surface area contributed by atoms with Gasteiger partial charge >= 0.3 is 0 Å². The summed E-state index contributed by atoms with van der Waals surface area (Å²) in [4.78, 5) is 16.6. The molecule has 0 saturated carbocycles. The van der Waals surface area contributed by atoms with Gasteiger partial charge in [-0.2, -0.15) is 5.26 Å². The van der Waals surface area contributed by atoms with Gasteiger partial charge in [0.25, 0.3) is 5.91 Å². The fraction of sp³-hybridized carbons (Fsp3) is 0.143. The van der Waals surface area contributed by atoms with Crippen LogP contribution in [-0.4, -0.2) is 37.4 Å². The fourth-order valence-corrected chi connectivity index (χ4v) is 2.07. The van der Waals surface area contributed by atoms with Gasteiger partial charge in [0, 0.05) is 13.2 Å². The van der Waals surface area contributed by atoms with Crippen molar-refractivity contribution in [1.29, 1.82) is 5.26 Å². The van der Waals surface area contributed by atoms with Gasteiger partial charge in [-0.15, -0.1) is 10.2 Å². The average Bonchev–Trinajstić information content (AvgIpc) is 3.14. The van der Waals surface area contributed by atoms with E-state index in [1.54, 1.807) is 19.2 Å². The van der Waals surface area contributed by atoms with E-state index in [1.807, 2.05) is 34.9 Å². The Morgan fingerprint density at radius 2 is 2.24 bits per heavy atom. The second-order valence-corrected chi connectivity index (χ2v) is 4.60. The number of amides is 1. The van der Waals surface area contributed by atoms with Crippen LogP contribution in [0.25, 0.3) is 5.65 Å². The van der Waals surface area contributed by atoms with Crippen molar-refractivity contribution in [2.45, 2.75) is 6.54 Å². The molecule has 3 rings (SSSR count). The molecule has 0 aliphatic carbocycles. The standard InChI is InChI=1S/C14H12N6O/c1-19(14(21)11-6-5-10(8-15)16-11)9-13-18-17-12-4-2-3-7-20(12)13/h2-7,16H,9H2,1H3. The summed E-state index contributed by atoms with van der Waals surface area (Å²) in [7, 11) is 1.68. The molecule has 1 N–H and O–H groups in total. The predicted molar refractivity (Wildman–Crippen MR) is 74.3 cm³/mol. The van der Waals surface area contributed by atoms with E-state index in [0.29, 0.717) is 23.8 Å². The van der Waals surface area contributed by atoms with Crippen LogP contribution in [0.3, 0.4) is 0 Å². The Bertz CT molecular complexity index is 840. The Kier molecular flexibility index (Phi) is 3.12. The lowest BCUT2D eigenvalue weighted by atomic mass is 10.3. The van der Waals surface area contributed by atoms with Crippen molar-refractivity contribution in [2.75, 3.05) is 7.05 Å². The van der Waals surface area contributed by atoms with Crippen LogP contribution in [-0.2, 0) is 6.54 Å². The molecule has 0 fully saturated rings. The second kappa shape index (κ2) is 5.09. The lowest BCUT2D eigenvalue weighted by Crippen LogP contribution is -2.27. The second-order valence-electron chi connectivity index (χ2n) is 4.60. The topological polar surface area (TPSA) is 90.1 Å². The van der Waals surface area contributed by atoms with Crippen LogP contribution in [0.1, 0.15) is 22.0 Å². The lowest BCUT2D eigenvalue weighted by Gasteiger charge is -2.15. The Morgan fingerprint density at radius 1 is 1.38 bits per heavy atom. The van der Waals surface area contributed by atoms with E-state index in [0.717, 1.165) is 5.65 Å². The summed E-state index contributed by atoms with van der Waals surface area (Å²) < 4.78 is 1.83. The number of nitrogens with zero attached hydrogens (tertiary/aromatic N) is 5. The number of nitrogens with one attached hydrogen (secondary N) is 1. The number of carbonyl (C=O) groups excluding carboxylic acids is 1. The van der Waals surface area contributed by atoms with Crippen LogP contribution < -0.4 is 0 Å². The number of carbonyl (C=O) groups is 1. The van der Waals surface area contributed by atoms with Crippen LogP contribution in [0.2, 0.25) is 0 Å². The Balaban J connectivity index is 1.81. The van der Waals surface area contributed by atoms with Crippen molar-refractivity contribution in [1.82, 2.24) is 24.5 Å². The molecular formula is C14H12N6O. The number of aromatic amines is 1. The molecule has 0 radical (unpaired) electrons. The molecule has 21 heavy (non-hydrogen) atoms. The van der Waals surface area contributed by atoms with Crippen molar-refractivity contribution in [3.05, 3.63) is 53.7 Å². The van der Waals surface area contributed by atoms with E-state index in [1.165, 1.54) is 4.90 Å². The fourth-order valence-electron chi connectivity index (χ4n) is 2.07. The SMILES string of the molecule is CN(Cc1nnc2ccccn12)C(=O)c1ccc(C#N)[nH]1. The highest BCUT2D eigenvalue weighted by molar-refractivity contribution is 5.92. The molecule has 0 unspecified atom stereocenters. The number of hydrogen-bond acceptors (Lipinski definition) is 4. The number of nitriles is 1.